The lowest BCUT2D eigenvalue weighted by atomic mass is 10.1. The van der Waals surface area contributed by atoms with Crippen molar-refractivity contribution in [2.24, 2.45) is 0 Å². The van der Waals surface area contributed by atoms with Crippen LogP contribution >= 0.6 is 0 Å². The molecule has 0 unspecified atom stereocenters. The molecule has 1 aromatic carbocycles. The minimum Gasteiger partial charge on any atom is -0.357 e. The summed E-state index contributed by atoms with van der Waals surface area (Å²) >= 11 is 0. The molecular formula is C23H24FN5O2. The summed E-state index contributed by atoms with van der Waals surface area (Å²) in [7, 11) is 0. The summed E-state index contributed by atoms with van der Waals surface area (Å²) in [4.78, 5) is 32.3. The first-order valence-electron chi connectivity index (χ1n) is 10.7. The minimum atomic E-state index is -0.293. The molecule has 1 N–H and O–H groups in total. The van der Waals surface area contributed by atoms with Gasteiger partial charge in [0, 0.05) is 44.6 Å². The Balaban J connectivity index is 1.21. The van der Waals surface area contributed by atoms with Crippen molar-refractivity contribution in [2.45, 2.75) is 25.8 Å². The van der Waals surface area contributed by atoms with Gasteiger partial charge in [-0.3, -0.25) is 14.3 Å². The third-order valence-corrected chi connectivity index (χ3v) is 6.08. The zero-order valence-corrected chi connectivity index (χ0v) is 17.2. The highest BCUT2D eigenvalue weighted by molar-refractivity contribution is 5.95. The van der Waals surface area contributed by atoms with Crippen LogP contribution in [0, 0.1) is 5.82 Å². The maximum absolute atomic E-state index is 13.1. The molecule has 3 aromatic rings. The van der Waals surface area contributed by atoms with Crippen LogP contribution in [0.25, 0.3) is 11.1 Å². The zero-order chi connectivity index (χ0) is 21.4. The van der Waals surface area contributed by atoms with Crippen LogP contribution in [-0.2, 0) is 13.0 Å². The quantitative estimate of drug-likeness (QED) is 0.707. The summed E-state index contributed by atoms with van der Waals surface area (Å²) in [6.45, 7) is 2.80. The Bertz CT molecular complexity index is 1090. The van der Waals surface area contributed by atoms with Gasteiger partial charge < -0.3 is 14.8 Å². The van der Waals surface area contributed by atoms with E-state index in [4.69, 9.17) is 0 Å². The van der Waals surface area contributed by atoms with Gasteiger partial charge in [0.15, 0.2) is 5.69 Å². The second kappa shape index (κ2) is 8.02. The standard InChI is InChI=1S/C23H24FN5O2/c24-18-6-4-16(5-7-18)17-13-20(25-15-17)22(30)27-9-11-28(12-10-27)23(31)21-14-19-3-1-2-8-29(19)26-21/h4-7,13-15,25H,1-3,8-12H2. The number of nitrogens with zero attached hydrogens (tertiary/aromatic N) is 4. The zero-order valence-electron chi connectivity index (χ0n) is 17.2. The van der Waals surface area contributed by atoms with E-state index in [2.05, 4.69) is 10.1 Å². The van der Waals surface area contributed by atoms with Gasteiger partial charge in [0.2, 0.25) is 0 Å². The van der Waals surface area contributed by atoms with E-state index in [0.717, 1.165) is 42.6 Å². The number of nitrogens with one attached hydrogen (secondary N) is 1. The van der Waals surface area contributed by atoms with Crippen molar-refractivity contribution in [3.05, 3.63) is 65.5 Å². The highest BCUT2D eigenvalue weighted by atomic mass is 19.1. The molecule has 2 aliphatic rings. The molecule has 31 heavy (non-hydrogen) atoms. The predicted molar refractivity (Wildman–Crippen MR) is 113 cm³/mol. The number of aromatic amines is 1. The molecule has 0 bridgehead atoms. The van der Waals surface area contributed by atoms with Gasteiger partial charge in [0.1, 0.15) is 11.5 Å². The first-order valence-corrected chi connectivity index (χ1v) is 10.7. The first-order chi connectivity index (χ1) is 15.1. The Morgan fingerprint density at radius 3 is 2.29 bits per heavy atom. The lowest BCUT2D eigenvalue weighted by Gasteiger charge is -2.34. The Labute approximate surface area is 179 Å². The number of hydrogen-bond acceptors (Lipinski definition) is 3. The highest BCUT2D eigenvalue weighted by Gasteiger charge is 2.28. The lowest BCUT2D eigenvalue weighted by Crippen LogP contribution is -2.50. The van der Waals surface area contributed by atoms with Crippen molar-refractivity contribution >= 4 is 11.8 Å². The molecule has 0 radical (unpaired) electrons. The molecule has 160 valence electrons. The number of aromatic nitrogens is 3. The second-order valence-corrected chi connectivity index (χ2v) is 8.09. The monoisotopic (exact) mass is 421 g/mol. The number of carbonyl (C=O) groups is 2. The predicted octanol–water partition coefficient (Wildman–Crippen LogP) is 2.95. The smallest absolute Gasteiger partial charge is 0.274 e. The molecule has 0 saturated carbocycles. The van der Waals surface area contributed by atoms with E-state index < -0.39 is 0 Å². The molecule has 5 rings (SSSR count). The number of amides is 2. The molecule has 0 atom stereocenters. The van der Waals surface area contributed by atoms with Gasteiger partial charge >= 0.3 is 0 Å². The number of aryl methyl sites for hydroxylation is 2. The van der Waals surface area contributed by atoms with E-state index in [9.17, 15) is 14.0 Å². The molecule has 2 aromatic heterocycles. The fourth-order valence-electron chi connectivity index (χ4n) is 4.29. The van der Waals surface area contributed by atoms with Gasteiger partial charge in [-0.2, -0.15) is 5.10 Å². The maximum atomic E-state index is 13.1. The van der Waals surface area contributed by atoms with Crippen molar-refractivity contribution in [1.82, 2.24) is 24.6 Å². The van der Waals surface area contributed by atoms with Crippen LogP contribution < -0.4 is 0 Å². The fraction of sp³-hybridized carbons (Fsp3) is 0.348. The number of benzene rings is 1. The van der Waals surface area contributed by atoms with Gasteiger partial charge in [-0.25, -0.2) is 4.39 Å². The van der Waals surface area contributed by atoms with Crippen LogP contribution in [0.1, 0.15) is 39.5 Å². The number of fused-ring (bicyclic) bond motifs is 1. The van der Waals surface area contributed by atoms with Gasteiger partial charge in [-0.1, -0.05) is 12.1 Å². The van der Waals surface area contributed by atoms with Gasteiger partial charge in [-0.05, 0) is 54.7 Å². The molecule has 1 saturated heterocycles. The summed E-state index contributed by atoms with van der Waals surface area (Å²) in [5.74, 6) is -0.455. The topological polar surface area (TPSA) is 74.2 Å². The third-order valence-electron chi connectivity index (χ3n) is 6.08. The Hall–Kier alpha value is -3.42. The third kappa shape index (κ3) is 3.85. The number of halogens is 1. The Morgan fingerprint density at radius 2 is 1.58 bits per heavy atom. The Morgan fingerprint density at radius 1 is 0.871 bits per heavy atom. The number of H-pyrrole nitrogens is 1. The van der Waals surface area contributed by atoms with Gasteiger partial charge in [0.05, 0.1) is 0 Å². The van der Waals surface area contributed by atoms with E-state index in [-0.39, 0.29) is 17.6 Å². The minimum absolute atomic E-state index is 0.0625. The van der Waals surface area contributed by atoms with Crippen molar-refractivity contribution in [2.75, 3.05) is 26.2 Å². The molecule has 1 fully saturated rings. The number of hydrogen-bond donors (Lipinski definition) is 1. The largest absolute Gasteiger partial charge is 0.357 e. The van der Waals surface area contributed by atoms with E-state index in [1.54, 1.807) is 34.2 Å². The lowest BCUT2D eigenvalue weighted by molar-refractivity contribution is 0.0529. The van der Waals surface area contributed by atoms with Crippen molar-refractivity contribution < 1.29 is 14.0 Å². The molecule has 7 nitrogen and oxygen atoms in total. The molecule has 0 spiro atoms. The number of rotatable bonds is 3. The fourth-order valence-corrected chi connectivity index (χ4v) is 4.29. The average molecular weight is 421 g/mol. The van der Waals surface area contributed by atoms with Crippen LogP contribution in [0.15, 0.2) is 42.6 Å². The molecule has 2 amide bonds. The summed E-state index contributed by atoms with van der Waals surface area (Å²) < 4.78 is 15.1. The number of piperazine rings is 1. The van der Waals surface area contributed by atoms with Crippen LogP contribution in [0.4, 0.5) is 4.39 Å². The summed E-state index contributed by atoms with van der Waals surface area (Å²) in [6, 6.07) is 9.86. The van der Waals surface area contributed by atoms with Crippen molar-refractivity contribution in [3.63, 3.8) is 0 Å². The average Bonchev–Trinajstić information content (AvgIpc) is 3.46. The first kappa shape index (κ1) is 19.5. The van der Waals surface area contributed by atoms with Gasteiger partial charge in [-0.15, -0.1) is 0 Å². The normalized spacial score (nSPS) is 16.3. The Kier molecular flexibility index (Phi) is 5.05. The maximum Gasteiger partial charge on any atom is 0.274 e. The molecular weight excluding hydrogens is 397 g/mol. The SMILES string of the molecule is O=C(c1cc2n(n1)CCCC2)N1CCN(C(=O)c2cc(-c3ccc(F)cc3)c[nH]2)CC1. The number of carbonyl (C=O) groups excluding carboxylic acids is 2. The summed E-state index contributed by atoms with van der Waals surface area (Å²) in [5, 5.41) is 4.48. The second-order valence-electron chi connectivity index (χ2n) is 8.09. The van der Waals surface area contributed by atoms with Crippen molar-refractivity contribution in [1.29, 1.82) is 0 Å². The molecule has 2 aliphatic heterocycles. The van der Waals surface area contributed by atoms with Crippen LogP contribution in [0.2, 0.25) is 0 Å². The molecule has 8 heteroatoms. The van der Waals surface area contributed by atoms with Crippen LogP contribution in [-0.4, -0.2) is 62.6 Å². The summed E-state index contributed by atoms with van der Waals surface area (Å²) in [5.41, 5.74) is 3.80. The van der Waals surface area contributed by atoms with Crippen LogP contribution in [0.5, 0.6) is 0 Å². The molecule has 4 heterocycles. The van der Waals surface area contributed by atoms with E-state index >= 15 is 0 Å². The van der Waals surface area contributed by atoms with Gasteiger partial charge in [0.25, 0.3) is 11.8 Å². The highest BCUT2D eigenvalue weighted by Crippen LogP contribution is 2.22. The van der Waals surface area contributed by atoms with E-state index in [1.807, 2.05) is 10.7 Å². The van der Waals surface area contributed by atoms with E-state index in [1.165, 1.54) is 12.1 Å². The van der Waals surface area contributed by atoms with Crippen LogP contribution in [0.3, 0.4) is 0 Å². The van der Waals surface area contributed by atoms with Crippen molar-refractivity contribution in [3.8, 4) is 11.1 Å². The molecule has 0 aliphatic carbocycles. The van der Waals surface area contributed by atoms with E-state index in [0.29, 0.717) is 37.6 Å². The summed E-state index contributed by atoms with van der Waals surface area (Å²) in [6.07, 6.45) is 4.96.